The highest BCUT2D eigenvalue weighted by atomic mass is 19.1. The van der Waals surface area contributed by atoms with Crippen molar-refractivity contribution >= 4 is 11.4 Å². The van der Waals surface area contributed by atoms with Gasteiger partial charge in [-0.25, -0.2) is 4.68 Å². The van der Waals surface area contributed by atoms with Crippen LogP contribution in [0.4, 0.5) is 15.8 Å². The van der Waals surface area contributed by atoms with Crippen LogP contribution in [-0.2, 0) is 6.54 Å². The Bertz CT molecular complexity index is 893. The molecule has 0 fully saturated rings. The number of rotatable bonds is 6. The van der Waals surface area contributed by atoms with Crippen LogP contribution in [0.3, 0.4) is 0 Å². The standard InChI is InChI=1S/C17H15FN4O3/c1-25-14-7-5-13(6-8-14)21-10-9-12(20-21)11-19-16-4-2-3-15(18)17(16)22(23)24/h2-10,19H,11H2,1H3. The summed E-state index contributed by atoms with van der Waals surface area (Å²) in [5.41, 5.74) is 1.05. The third-order valence-corrected chi connectivity index (χ3v) is 3.61. The van der Waals surface area contributed by atoms with Crippen molar-refractivity contribution in [3.63, 3.8) is 0 Å². The summed E-state index contributed by atoms with van der Waals surface area (Å²) in [6.45, 7) is 0.230. The fourth-order valence-electron chi connectivity index (χ4n) is 2.36. The number of hydrogen-bond acceptors (Lipinski definition) is 5. The molecule has 2 aromatic carbocycles. The number of methoxy groups -OCH3 is 1. The van der Waals surface area contributed by atoms with Crippen LogP contribution < -0.4 is 10.1 Å². The first-order valence-corrected chi connectivity index (χ1v) is 7.44. The second kappa shape index (κ2) is 7.00. The summed E-state index contributed by atoms with van der Waals surface area (Å²) in [7, 11) is 1.60. The van der Waals surface area contributed by atoms with E-state index in [1.165, 1.54) is 12.1 Å². The lowest BCUT2D eigenvalue weighted by molar-refractivity contribution is -0.386. The van der Waals surface area contributed by atoms with Gasteiger partial charge in [0.15, 0.2) is 0 Å². The van der Waals surface area contributed by atoms with Crippen LogP contribution >= 0.6 is 0 Å². The van der Waals surface area contributed by atoms with Gasteiger partial charge in [0.25, 0.3) is 0 Å². The quantitative estimate of drug-likeness (QED) is 0.547. The highest BCUT2D eigenvalue weighted by molar-refractivity contribution is 5.61. The van der Waals surface area contributed by atoms with Crippen molar-refractivity contribution < 1.29 is 14.1 Å². The summed E-state index contributed by atoms with van der Waals surface area (Å²) in [6.07, 6.45) is 1.78. The maximum absolute atomic E-state index is 13.6. The monoisotopic (exact) mass is 342 g/mol. The van der Waals surface area contributed by atoms with E-state index in [2.05, 4.69) is 10.4 Å². The maximum atomic E-state index is 13.6. The van der Waals surface area contributed by atoms with Gasteiger partial charge >= 0.3 is 5.69 Å². The van der Waals surface area contributed by atoms with Gasteiger partial charge in [0.2, 0.25) is 5.82 Å². The Morgan fingerprint density at radius 3 is 2.68 bits per heavy atom. The van der Waals surface area contributed by atoms with E-state index >= 15 is 0 Å². The molecule has 25 heavy (non-hydrogen) atoms. The van der Waals surface area contributed by atoms with Gasteiger partial charge in [0, 0.05) is 6.20 Å². The van der Waals surface area contributed by atoms with Crippen molar-refractivity contribution in [2.45, 2.75) is 6.54 Å². The fraction of sp³-hybridized carbons (Fsp3) is 0.118. The molecule has 0 radical (unpaired) electrons. The first-order valence-electron chi connectivity index (χ1n) is 7.44. The second-order valence-electron chi connectivity index (χ2n) is 5.20. The number of halogens is 1. The van der Waals surface area contributed by atoms with Gasteiger partial charge in [0.1, 0.15) is 11.4 Å². The van der Waals surface area contributed by atoms with E-state index in [4.69, 9.17) is 4.74 Å². The molecule has 0 unspecified atom stereocenters. The van der Waals surface area contributed by atoms with Crippen LogP contribution in [0.2, 0.25) is 0 Å². The van der Waals surface area contributed by atoms with E-state index < -0.39 is 16.4 Å². The molecule has 128 valence electrons. The maximum Gasteiger partial charge on any atom is 0.327 e. The normalized spacial score (nSPS) is 10.5. The van der Waals surface area contributed by atoms with Crippen molar-refractivity contribution in [2.24, 2.45) is 0 Å². The van der Waals surface area contributed by atoms with Crippen molar-refractivity contribution in [1.29, 1.82) is 0 Å². The molecule has 8 heteroatoms. The number of benzene rings is 2. The molecule has 0 saturated heterocycles. The minimum absolute atomic E-state index is 0.115. The van der Waals surface area contributed by atoms with E-state index in [0.717, 1.165) is 17.5 Å². The van der Waals surface area contributed by atoms with Crippen LogP contribution in [0.25, 0.3) is 5.69 Å². The lowest BCUT2D eigenvalue weighted by Gasteiger charge is -2.06. The molecule has 0 aliphatic carbocycles. The van der Waals surface area contributed by atoms with Crippen LogP contribution in [0.15, 0.2) is 54.7 Å². The molecular formula is C17H15FN4O3. The van der Waals surface area contributed by atoms with E-state index in [-0.39, 0.29) is 12.2 Å². The Labute approximate surface area is 142 Å². The Morgan fingerprint density at radius 1 is 1.24 bits per heavy atom. The lowest BCUT2D eigenvalue weighted by Crippen LogP contribution is -2.05. The Morgan fingerprint density at radius 2 is 2.00 bits per heavy atom. The first kappa shape index (κ1) is 16.4. The van der Waals surface area contributed by atoms with Crippen LogP contribution in [0, 0.1) is 15.9 Å². The molecule has 0 amide bonds. The lowest BCUT2D eigenvalue weighted by atomic mass is 10.2. The van der Waals surface area contributed by atoms with Crippen molar-refractivity contribution in [3.8, 4) is 11.4 Å². The Kier molecular flexibility index (Phi) is 4.60. The average Bonchev–Trinajstić information content (AvgIpc) is 3.08. The largest absolute Gasteiger partial charge is 0.497 e. The van der Waals surface area contributed by atoms with Crippen molar-refractivity contribution in [2.75, 3.05) is 12.4 Å². The van der Waals surface area contributed by atoms with Crippen LogP contribution in [0.5, 0.6) is 5.75 Å². The summed E-state index contributed by atoms with van der Waals surface area (Å²) in [4.78, 5) is 10.2. The number of nitrogens with one attached hydrogen (secondary N) is 1. The second-order valence-corrected chi connectivity index (χ2v) is 5.20. The molecule has 0 aliphatic heterocycles. The molecule has 3 aromatic rings. The van der Waals surface area contributed by atoms with E-state index in [1.54, 1.807) is 24.1 Å². The number of nitro groups is 1. The van der Waals surface area contributed by atoms with Crippen LogP contribution in [0.1, 0.15) is 5.69 Å². The molecule has 1 N–H and O–H groups in total. The van der Waals surface area contributed by atoms with Gasteiger partial charge in [-0.1, -0.05) is 6.07 Å². The number of nitrogens with zero attached hydrogens (tertiary/aromatic N) is 3. The number of nitro benzene ring substituents is 1. The molecule has 0 atom stereocenters. The van der Waals surface area contributed by atoms with Gasteiger partial charge in [-0.2, -0.15) is 9.49 Å². The van der Waals surface area contributed by atoms with Gasteiger partial charge in [-0.3, -0.25) is 10.1 Å². The number of anilines is 1. The fourth-order valence-corrected chi connectivity index (χ4v) is 2.36. The highest BCUT2D eigenvalue weighted by Gasteiger charge is 2.19. The smallest absolute Gasteiger partial charge is 0.327 e. The zero-order valence-electron chi connectivity index (χ0n) is 13.3. The number of para-hydroxylation sites is 1. The summed E-state index contributed by atoms with van der Waals surface area (Å²) < 4.78 is 20.4. The molecule has 3 rings (SSSR count). The predicted molar refractivity (Wildman–Crippen MR) is 90.5 cm³/mol. The third kappa shape index (κ3) is 3.57. The molecule has 0 aliphatic rings. The topological polar surface area (TPSA) is 82.2 Å². The molecule has 0 bridgehead atoms. The average molecular weight is 342 g/mol. The number of hydrogen-bond donors (Lipinski definition) is 1. The Hall–Kier alpha value is -3.42. The van der Waals surface area contributed by atoms with Gasteiger partial charge in [-0.15, -0.1) is 0 Å². The number of aromatic nitrogens is 2. The molecule has 1 heterocycles. The molecular weight excluding hydrogens is 327 g/mol. The van der Waals surface area contributed by atoms with Gasteiger partial charge in [0.05, 0.1) is 30.0 Å². The van der Waals surface area contributed by atoms with Crippen LogP contribution in [-0.4, -0.2) is 21.8 Å². The third-order valence-electron chi connectivity index (χ3n) is 3.61. The molecule has 0 spiro atoms. The van der Waals surface area contributed by atoms with Gasteiger partial charge in [-0.05, 0) is 42.5 Å². The van der Waals surface area contributed by atoms with Crippen molar-refractivity contribution in [3.05, 3.63) is 76.4 Å². The summed E-state index contributed by atoms with van der Waals surface area (Å²) in [5.74, 6) is -0.130. The Balaban J connectivity index is 1.74. The summed E-state index contributed by atoms with van der Waals surface area (Å²) in [6, 6.07) is 13.1. The predicted octanol–water partition coefficient (Wildman–Crippen LogP) is 3.54. The molecule has 1 aromatic heterocycles. The highest BCUT2D eigenvalue weighted by Crippen LogP contribution is 2.27. The SMILES string of the molecule is COc1ccc(-n2ccc(CNc3cccc(F)c3[N+](=O)[O-])n2)cc1. The molecule has 7 nitrogen and oxygen atoms in total. The minimum Gasteiger partial charge on any atom is -0.497 e. The summed E-state index contributed by atoms with van der Waals surface area (Å²) in [5, 5.41) is 18.2. The zero-order chi connectivity index (χ0) is 17.8. The van der Waals surface area contributed by atoms with E-state index in [0.29, 0.717) is 5.69 Å². The van der Waals surface area contributed by atoms with E-state index in [9.17, 15) is 14.5 Å². The minimum atomic E-state index is -0.876. The van der Waals surface area contributed by atoms with Gasteiger partial charge < -0.3 is 10.1 Å². The summed E-state index contributed by atoms with van der Waals surface area (Å²) >= 11 is 0. The number of ether oxygens (including phenoxy) is 1. The zero-order valence-corrected chi connectivity index (χ0v) is 13.3. The molecule has 0 saturated carbocycles. The van der Waals surface area contributed by atoms with E-state index in [1.807, 2.05) is 24.3 Å². The van der Waals surface area contributed by atoms with Crippen molar-refractivity contribution in [1.82, 2.24) is 9.78 Å². The first-order chi connectivity index (χ1) is 12.1.